The van der Waals surface area contributed by atoms with E-state index in [4.69, 9.17) is 18.9 Å². The molecule has 0 spiro atoms. The third kappa shape index (κ3) is 16.4. The summed E-state index contributed by atoms with van der Waals surface area (Å²) in [4.78, 5) is 24.6. The summed E-state index contributed by atoms with van der Waals surface area (Å²) >= 11 is 5.30. The predicted octanol–water partition coefficient (Wildman–Crippen LogP) is 6.48. The third-order valence-electron chi connectivity index (χ3n) is 8.46. The molecule has 248 valence electrons. The van der Waals surface area contributed by atoms with Gasteiger partial charge in [0.15, 0.2) is 24.1 Å². The van der Waals surface area contributed by atoms with Gasteiger partial charge in [-0.1, -0.05) is 45.8 Å². The molecule has 2 rings (SSSR count). The van der Waals surface area contributed by atoms with Gasteiger partial charge in [-0.3, -0.25) is 9.59 Å². The molecule has 9 heteroatoms. The van der Waals surface area contributed by atoms with Crippen molar-refractivity contribution in [2.24, 2.45) is 29.6 Å². The minimum atomic E-state index is -0.216. The van der Waals surface area contributed by atoms with Gasteiger partial charge in [0.1, 0.15) is 0 Å². The number of allylic oxidation sites excluding steroid dienone is 4. The number of hydrogen-bond donors (Lipinski definition) is 0. The zero-order chi connectivity index (χ0) is 32.4. The van der Waals surface area contributed by atoms with Crippen LogP contribution >= 0.6 is 37.2 Å². The van der Waals surface area contributed by atoms with Crippen LogP contribution in [-0.4, -0.2) is 52.6 Å². The Bertz CT molecular complexity index is 847. The molecule has 0 radical (unpaired) electrons. The van der Waals surface area contributed by atoms with Crippen LogP contribution in [0, 0.1) is 29.6 Å². The Morgan fingerprint density at radius 2 is 1.17 bits per heavy atom. The fourth-order valence-corrected chi connectivity index (χ4v) is 6.24. The summed E-state index contributed by atoms with van der Waals surface area (Å²) in [5.74, 6) is 3.53. The summed E-state index contributed by atoms with van der Waals surface area (Å²) in [6.07, 6.45) is 7.38. The second-order valence-corrected chi connectivity index (χ2v) is 28.7. The summed E-state index contributed by atoms with van der Waals surface area (Å²) in [6, 6.07) is 0. The molecule has 42 heavy (non-hydrogen) atoms. The zero-order valence-corrected chi connectivity index (χ0v) is 34.5. The quantitative estimate of drug-likeness (QED) is 0.147. The number of ketones is 2. The van der Waals surface area contributed by atoms with Crippen LogP contribution in [0.25, 0.3) is 0 Å². The average molecular weight is 932 g/mol. The van der Waals surface area contributed by atoms with E-state index in [0.29, 0.717) is 60.8 Å². The van der Waals surface area contributed by atoms with Gasteiger partial charge < -0.3 is 18.9 Å². The van der Waals surface area contributed by atoms with E-state index in [1.165, 1.54) is 11.1 Å². The summed E-state index contributed by atoms with van der Waals surface area (Å²) in [7, 11) is 6.55. The SMILES string of the molecule is COC(CCC1=C(C)C(C)C(CC(C)C)CC1=O)OC.COC(CCC1=C(C)CC(CC(C)C)CC1=O)OC.I[I-]I. The summed E-state index contributed by atoms with van der Waals surface area (Å²) < 4.78 is 20.8. The fraction of sp³-hybridized carbons (Fsp3) is 0.818. The van der Waals surface area contributed by atoms with Crippen molar-refractivity contribution < 1.29 is 41.8 Å². The Hall–Kier alpha value is 0.850. The molecule has 0 aliphatic heterocycles. The van der Waals surface area contributed by atoms with Crippen LogP contribution in [-0.2, 0) is 28.5 Å². The number of carbonyl (C=O) groups is 2. The van der Waals surface area contributed by atoms with E-state index in [0.717, 1.165) is 62.5 Å². The molecule has 0 bridgehead atoms. The standard InChI is InChI=1S/C17H30O3.C16H28O3.I3/c1-11(2)9-14-10-16(18)15(13(4)12(14)3)7-8-17(19-5)20-6;1-11(2)8-13-9-12(3)14(15(17)10-13)6-7-16(18-4)19-5;1-3-2/h11-12,14,17H,7-10H2,1-6H3;11,13,16H,6-10H2,1-5H3;/q;;-1. The molecule has 2 aliphatic rings. The van der Waals surface area contributed by atoms with Gasteiger partial charge in [0.05, 0.1) is 0 Å². The van der Waals surface area contributed by atoms with E-state index in [9.17, 15) is 9.59 Å². The van der Waals surface area contributed by atoms with Crippen molar-refractivity contribution in [1.29, 1.82) is 0 Å². The summed E-state index contributed by atoms with van der Waals surface area (Å²) in [5, 5.41) is 0. The maximum atomic E-state index is 12.4. The molecule has 0 N–H and O–H groups in total. The van der Waals surface area contributed by atoms with Crippen LogP contribution in [0.15, 0.2) is 22.3 Å². The Morgan fingerprint density at radius 1 is 0.738 bits per heavy atom. The molecular formula is C33H58I3O6-. The topological polar surface area (TPSA) is 71.1 Å². The average Bonchev–Trinajstić information content (AvgIpc) is 2.91. The van der Waals surface area contributed by atoms with Crippen molar-refractivity contribution >= 4 is 48.8 Å². The van der Waals surface area contributed by atoms with Crippen molar-refractivity contribution in [2.45, 2.75) is 119 Å². The fourth-order valence-electron chi connectivity index (χ4n) is 6.24. The molecule has 0 amide bonds. The molecular weight excluding hydrogens is 873 g/mol. The first-order valence-corrected chi connectivity index (χ1v) is 27.8. The molecule has 0 saturated carbocycles. The van der Waals surface area contributed by atoms with E-state index in [2.05, 4.69) is 85.7 Å². The van der Waals surface area contributed by atoms with Crippen LogP contribution in [0.5, 0.6) is 0 Å². The van der Waals surface area contributed by atoms with Crippen LogP contribution < -0.4 is 13.3 Å². The molecule has 0 heterocycles. The van der Waals surface area contributed by atoms with Crippen molar-refractivity contribution in [3.05, 3.63) is 22.3 Å². The molecule has 2 aliphatic carbocycles. The Labute approximate surface area is 287 Å². The molecule has 3 unspecified atom stereocenters. The molecule has 0 fully saturated rings. The van der Waals surface area contributed by atoms with Gasteiger partial charge >= 0.3 is 50.5 Å². The van der Waals surface area contributed by atoms with Gasteiger partial charge in [-0.2, -0.15) is 0 Å². The summed E-state index contributed by atoms with van der Waals surface area (Å²) in [6.45, 7) is 15.4. The van der Waals surface area contributed by atoms with E-state index in [1.807, 2.05) is 0 Å². The first kappa shape index (κ1) is 42.9. The van der Waals surface area contributed by atoms with Gasteiger partial charge in [0, 0.05) is 54.1 Å². The normalized spacial score (nSPS) is 21.4. The number of carbonyl (C=O) groups excluding carboxylic acids is 2. The van der Waals surface area contributed by atoms with Crippen molar-refractivity contribution in [3.8, 4) is 0 Å². The number of halogens is 3. The van der Waals surface area contributed by atoms with E-state index in [1.54, 1.807) is 28.4 Å². The zero-order valence-electron chi connectivity index (χ0n) is 28.0. The Balaban J connectivity index is 0.000000732. The first-order chi connectivity index (χ1) is 19.8. The van der Waals surface area contributed by atoms with Crippen molar-refractivity contribution in [2.75, 3.05) is 28.4 Å². The van der Waals surface area contributed by atoms with Gasteiger partial charge in [-0.15, -0.1) is 0 Å². The van der Waals surface area contributed by atoms with Crippen molar-refractivity contribution in [1.82, 2.24) is 0 Å². The van der Waals surface area contributed by atoms with Gasteiger partial charge in [-0.05, 0) is 86.7 Å². The van der Waals surface area contributed by atoms with Gasteiger partial charge in [0.25, 0.3) is 0 Å². The Morgan fingerprint density at radius 3 is 1.57 bits per heavy atom. The molecule has 3 atom stereocenters. The van der Waals surface area contributed by atoms with E-state index >= 15 is 0 Å². The van der Waals surface area contributed by atoms with Crippen LogP contribution in [0.3, 0.4) is 0 Å². The third-order valence-corrected chi connectivity index (χ3v) is 8.46. The molecule has 0 aromatic carbocycles. The van der Waals surface area contributed by atoms with Crippen LogP contribution in [0.1, 0.15) is 106 Å². The van der Waals surface area contributed by atoms with E-state index < -0.39 is 0 Å². The molecule has 0 aromatic heterocycles. The molecule has 0 saturated heterocycles. The second-order valence-electron chi connectivity index (χ2n) is 12.5. The minimum absolute atomic E-state index is 0.207. The number of rotatable bonds is 14. The molecule has 0 aromatic rings. The van der Waals surface area contributed by atoms with Gasteiger partial charge in [0.2, 0.25) is 0 Å². The van der Waals surface area contributed by atoms with Gasteiger partial charge in [-0.25, -0.2) is 0 Å². The second kappa shape index (κ2) is 24.1. The van der Waals surface area contributed by atoms with Crippen LogP contribution in [0.2, 0.25) is 0 Å². The van der Waals surface area contributed by atoms with E-state index in [-0.39, 0.29) is 12.6 Å². The van der Waals surface area contributed by atoms with Crippen molar-refractivity contribution in [3.63, 3.8) is 0 Å². The number of methoxy groups -OCH3 is 4. The summed E-state index contributed by atoms with van der Waals surface area (Å²) in [5.41, 5.74) is 4.57. The maximum absolute atomic E-state index is 12.4. The monoisotopic (exact) mass is 931 g/mol. The number of ether oxygens (including phenoxy) is 4. The number of hydrogen-bond acceptors (Lipinski definition) is 6. The van der Waals surface area contributed by atoms with Crippen LogP contribution in [0.4, 0.5) is 0 Å². The number of Topliss-reactive ketones (excluding diaryl/α,β-unsaturated/α-hetero) is 2. The Kier molecular flexibility index (Phi) is 24.6. The molecule has 6 nitrogen and oxygen atoms in total. The first-order valence-electron chi connectivity index (χ1n) is 15.2. The predicted molar refractivity (Wildman–Crippen MR) is 186 cm³/mol.